The van der Waals surface area contributed by atoms with Gasteiger partial charge in [0.25, 0.3) is 6.47 Å². The van der Waals surface area contributed by atoms with E-state index in [-0.39, 0.29) is 30.1 Å². The van der Waals surface area contributed by atoms with E-state index in [2.05, 4.69) is 27.3 Å². The second-order valence-electron chi connectivity index (χ2n) is 13.7. The van der Waals surface area contributed by atoms with Crippen LogP contribution in [0.15, 0.2) is 108 Å². The highest BCUT2D eigenvalue weighted by atomic mass is 16.6. The van der Waals surface area contributed by atoms with Crippen LogP contribution in [0.1, 0.15) is 41.2 Å². The molecule has 3 fully saturated rings. The summed E-state index contributed by atoms with van der Waals surface area (Å²) in [5.74, 6) is 1.29. The molecule has 274 valence electrons. The minimum atomic E-state index is -0.852. The Labute approximate surface area is 308 Å². The van der Waals surface area contributed by atoms with Crippen LogP contribution in [0.25, 0.3) is 10.9 Å². The average Bonchev–Trinajstić information content (AvgIpc) is 3.19. The molecule has 1 amide bonds. The molecule has 3 aliphatic rings. The van der Waals surface area contributed by atoms with Gasteiger partial charge in [-0.25, -0.2) is 4.79 Å². The van der Waals surface area contributed by atoms with Crippen molar-refractivity contribution in [2.24, 2.45) is 5.92 Å². The van der Waals surface area contributed by atoms with Crippen LogP contribution in [0.5, 0.6) is 11.5 Å². The number of piperidine rings is 3. The monoisotopic (exact) mass is 716 g/mol. The number of carbonyl (C=O) groups excluding carboxylic acids is 2. The lowest BCUT2D eigenvalue weighted by Gasteiger charge is -2.44. The predicted molar refractivity (Wildman–Crippen MR) is 202 cm³/mol. The van der Waals surface area contributed by atoms with Gasteiger partial charge in [-0.2, -0.15) is 0 Å². The SMILES string of the molecule is O=COc1ccc([C@@H](O)CNCCc2cccc(COc3cccc(N(Cc4ccccc4)C(=O)O[C@H]4CN5CCC4CC5)c3)c2)c2ccc(=O)[nH]c12. The van der Waals surface area contributed by atoms with Crippen molar-refractivity contribution in [2.75, 3.05) is 37.6 Å². The van der Waals surface area contributed by atoms with Crippen molar-refractivity contribution in [3.63, 3.8) is 0 Å². The number of aromatic amines is 1. The van der Waals surface area contributed by atoms with E-state index >= 15 is 0 Å². The molecule has 1 aromatic heterocycles. The van der Waals surface area contributed by atoms with Gasteiger partial charge >= 0.3 is 6.09 Å². The molecule has 11 nitrogen and oxygen atoms in total. The zero-order chi connectivity index (χ0) is 36.6. The van der Waals surface area contributed by atoms with Gasteiger partial charge in [0.05, 0.1) is 23.9 Å². The quantitative estimate of drug-likeness (QED) is 0.0916. The number of aliphatic hydroxyl groups is 1. The highest BCUT2D eigenvalue weighted by molar-refractivity contribution is 5.89. The van der Waals surface area contributed by atoms with Crippen molar-refractivity contribution in [3.05, 3.63) is 136 Å². The van der Waals surface area contributed by atoms with E-state index in [0.29, 0.717) is 60.0 Å². The minimum Gasteiger partial charge on any atom is -0.489 e. The number of pyridine rings is 1. The number of hydrogen-bond donors (Lipinski definition) is 3. The van der Waals surface area contributed by atoms with Crippen LogP contribution < -0.4 is 25.2 Å². The number of benzene rings is 4. The maximum atomic E-state index is 13.7. The Kier molecular flexibility index (Phi) is 11.4. The molecular formula is C42H44N4O7. The molecule has 3 aliphatic heterocycles. The number of fused-ring (bicyclic) bond motifs is 4. The maximum Gasteiger partial charge on any atom is 0.414 e. The summed E-state index contributed by atoms with van der Waals surface area (Å²) in [6.45, 7) is 4.91. The molecule has 4 aromatic carbocycles. The summed E-state index contributed by atoms with van der Waals surface area (Å²) < 4.78 is 17.4. The van der Waals surface area contributed by atoms with Crippen LogP contribution in [-0.4, -0.2) is 66.4 Å². The van der Waals surface area contributed by atoms with Crippen molar-refractivity contribution in [1.29, 1.82) is 0 Å². The van der Waals surface area contributed by atoms with E-state index in [9.17, 15) is 19.5 Å². The lowest BCUT2D eigenvalue weighted by atomic mass is 9.86. The van der Waals surface area contributed by atoms with E-state index in [1.165, 1.54) is 6.07 Å². The fourth-order valence-corrected chi connectivity index (χ4v) is 7.32. The van der Waals surface area contributed by atoms with E-state index < -0.39 is 6.10 Å². The second-order valence-corrected chi connectivity index (χ2v) is 13.7. The number of rotatable bonds is 15. The van der Waals surface area contributed by atoms with Crippen LogP contribution in [-0.2, 0) is 29.1 Å². The summed E-state index contributed by atoms with van der Waals surface area (Å²) in [5, 5.41) is 14.9. The van der Waals surface area contributed by atoms with E-state index in [4.69, 9.17) is 14.2 Å². The van der Waals surface area contributed by atoms with Gasteiger partial charge in [0.2, 0.25) is 5.56 Å². The predicted octanol–water partition coefficient (Wildman–Crippen LogP) is 5.75. The number of aliphatic hydroxyl groups excluding tert-OH is 1. The Hall–Kier alpha value is -5.49. The van der Waals surface area contributed by atoms with E-state index in [1.54, 1.807) is 23.1 Å². The topological polar surface area (TPSA) is 133 Å². The highest BCUT2D eigenvalue weighted by Crippen LogP contribution is 2.32. The largest absolute Gasteiger partial charge is 0.489 e. The molecule has 2 bridgehead atoms. The first-order valence-corrected chi connectivity index (χ1v) is 18.1. The first-order valence-electron chi connectivity index (χ1n) is 18.1. The summed E-state index contributed by atoms with van der Waals surface area (Å²) in [4.78, 5) is 43.3. The molecule has 0 radical (unpaired) electrons. The Bertz CT molecular complexity index is 2080. The smallest absolute Gasteiger partial charge is 0.414 e. The summed E-state index contributed by atoms with van der Waals surface area (Å²) in [6.07, 6.45) is 1.58. The van der Waals surface area contributed by atoms with Crippen LogP contribution >= 0.6 is 0 Å². The van der Waals surface area contributed by atoms with Gasteiger partial charge in [-0.05, 0) is 91.3 Å². The van der Waals surface area contributed by atoms with Gasteiger partial charge in [-0.15, -0.1) is 0 Å². The number of anilines is 1. The van der Waals surface area contributed by atoms with Crippen molar-refractivity contribution in [1.82, 2.24) is 15.2 Å². The summed E-state index contributed by atoms with van der Waals surface area (Å²) >= 11 is 0. The van der Waals surface area contributed by atoms with Gasteiger partial charge in [-0.3, -0.25) is 19.4 Å². The third kappa shape index (κ3) is 8.94. The zero-order valence-corrected chi connectivity index (χ0v) is 29.5. The number of nitrogens with zero attached hydrogens (tertiary/aromatic N) is 2. The van der Waals surface area contributed by atoms with E-state index in [1.807, 2.05) is 66.7 Å². The van der Waals surface area contributed by atoms with Crippen LogP contribution in [0, 0.1) is 5.92 Å². The maximum absolute atomic E-state index is 13.7. The molecule has 8 rings (SSSR count). The number of ether oxygens (including phenoxy) is 3. The molecule has 0 spiro atoms. The molecule has 4 heterocycles. The van der Waals surface area contributed by atoms with Gasteiger partial charge in [0, 0.05) is 30.6 Å². The number of hydrogen-bond acceptors (Lipinski definition) is 9. The zero-order valence-electron chi connectivity index (χ0n) is 29.5. The Morgan fingerprint density at radius 2 is 1.74 bits per heavy atom. The third-order valence-corrected chi connectivity index (χ3v) is 10.1. The number of aromatic nitrogens is 1. The molecule has 53 heavy (non-hydrogen) atoms. The van der Waals surface area contributed by atoms with Crippen LogP contribution in [0.2, 0.25) is 0 Å². The van der Waals surface area contributed by atoms with Gasteiger partial charge in [0.1, 0.15) is 18.5 Å². The van der Waals surface area contributed by atoms with Crippen LogP contribution in [0.3, 0.4) is 0 Å². The molecule has 3 saturated heterocycles. The van der Waals surface area contributed by atoms with Crippen molar-refractivity contribution < 1.29 is 28.9 Å². The van der Waals surface area contributed by atoms with Crippen molar-refractivity contribution in [2.45, 2.75) is 44.6 Å². The molecule has 0 aliphatic carbocycles. The summed E-state index contributed by atoms with van der Waals surface area (Å²) in [5.41, 5.74) is 4.49. The lowest BCUT2D eigenvalue weighted by molar-refractivity contribution is -0.120. The molecule has 3 N–H and O–H groups in total. The molecule has 5 aromatic rings. The number of nitrogens with one attached hydrogen (secondary N) is 2. The molecule has 11 heteroatoms. The molecule has 2 atom stereocenters. The number of amides is 1. The molecular weight excluding hydrogens is 672 g/mol. The summed E-state index contributed by atoms with van der Waals surface area (Å²) in [7, 11) is 0. The molecule has 0 saturated carbocycles. The van der Waals surface area contributed by atoms with E-state index in [0.717, 1.165) is 55.6 Å². The van der Waals surface area contributed by atoms with Crippen molar-refractivity contribution in [3.8, 4) is 11.5 Å². The minimum absolute atomic E-state index is 0.0913. The number of H-pyrrole nitrogens is 1. The average molecular weight is 717 g/mol. The second kappa shape index (κ2) is 16.9. The lowest BCUT2D eigenvalue weighted by Crippen LogP contribution is -2.53. The fraction of sp³-hybridized carbons (Fsp3) is 0.310. The van der Waals surface area contributed by atoms with Crippen LogP contribution in [0.4, 0.5) is 10.5 Å². The first-order chi connectivity index (χ1) is 25.9. The summed E-state index contributed by atoms with van der Waals surface area (Å²) in [6, 6.07) is 32.0. The highest BCUT2D eigenvalue weighted by Gasteiger charge is 2.37. The number of carbonyl (C=O) groups is 2. The van der Waals surface area contributed by atoms with Crippen molar-refractivity contribution >= 4 is 29.2 Å². The van der Waals surface area contributed by atoms with Gasteiger partial charge < -0.3 is 29.6 Å². The standard InChI is InChI=1S/C42H44N4O7/c47-28-52-38-14-12-35(36-13-15-40(49)44-41(36)38)37(48)24-43-19-16-29-8-4-9-31(22-29)27-51-34-11-5-10-33(23-34)46(25-30-6-2-1-3-7-30)42(50)53-39-26-45-20-17-32(39)18-21-45/h1-15,22-23,28,32,37,39,43,48H,16-21,24-27H2,(H,44,49)/t37-,39-/m0/s1. The Balaban J connectivity index is 0.949. The Morgan fingerprint density at radius 1 is 0.943 bits per heavy atom. The molecule has 0 unspecified atom stereocenters. The third-order valence-electron chi connectivity index (χ3n) is 10.1. The van der Waals surface area contributed by atoms with Gasteiger partial charge in [-0.1, -0.05) is 66.7 Å². The first kappa shape index (κ1) is 35.9. The fourth-order valence-electron chi connectivity index (χ4n) is 7.32. The normalized spacial score (nSPS) is 18.3. The Morgan fingerprint density at radius 3 is 2.53 bits per heavy atom. The van der Waals surface area contributed by atoms with Gasteiger partial charge in [0.15, 0.2) is 5.75 Å².